The van der Waals surface area contributed by atoms with Crippen LogP contribution in [0.5, 0.6) is 0 Å². The Morgan fingerprint density at radius 2 is 1.81 bits per heavy atom. The molecule has 0 aliphatic carbocycles. The van der Waals surface area contributed by atoms with E-state index >= 15 is 0 Å². The Balaban J connectivity index is 1.44. The van der Waals surface area contributed by atoms with Gasteiger partial charge in [0, 0.05) is 18.8 Å². The SMILES string of the molecule is CC(C)COC(=O)c1ccc(Nc2ncnc(N3CCC(Cc4ccccc4)CC3)c2[N+](=O)[O-])cc1. The number of nitrogens with zero attached hydrogens (tertiary/aromatic N) is 4. The number of aromatic nitrogens is 2. The predicted molar refractivity (Wildman–Crippen MR) is 139 cm³/mol. The number of carbonyl (C=O) groups is 1. The number of nitrogens with one attached hydrogen (secondary N) is 1. The quantitative estimate of drug-likeness (QED) is 0.242. The molecule has 1 aliphatic heterocycles. The maximum Gasteiger partial charge on any atom is 0.353 e. The lowest BCUT2D eigenvalue weighted by Gasteiger charge is -2.32. The molecule has 0 radical (unpaired) electrons. The van der Waals surface area contributed by atoms with Gasteiger partial charge in [-0.3, -0.25) is 10.1 Å². The van der Waals surface area contributed by atoms with Gasteiger partial charge in [-0.2, -0.15) is 0 Å². The number of ether oxygens (including phenoxy) is 1. The highest BCUT2D eigenvalue weighted by Gasteiger charge is 2.30. The van der Waals surface area contributed by atoms with Crippen LogP contribution in [0.2, 0.25) is 0 Å². The second-order valence-electron chi connectivity index (χ2n) is 9.47. The molecule has 36 heavy (non-hydrogen) atoms. The Morgan fingerprint density at radius 1 is 1.11 bits per heavy atom. The maximum atomic E-state index is 12.1. The maximum absolute atomic E-state index is 12.1. The van der Waals surface area contributed by atoms with Gasteiger partial charge in [-0.1, -0.05) is 44.2 Å². The van der Waals surface area contributed by atoms with Gasteiger partial charge in [0.2, 0.25) is 11.6 Å². The van der Waals surface area contributed by atoms with Crippen LogP contribution in [0, 0.1) is 22.0 Å². The number of esters is 1. The molecule has 2 aromatic carbocycles. The van der Waals surface area contributed by atoms with Crippen molar-refractivity contribution in [3.05, 3.63) is 82.2 Å². The zero-order chi connectivity index (χ0) is 25.5. The van der Waals surface area contributed by atoms with Gasteiger partial charge in [0.05, 0.1) is 17.1 Å². The third-order valence-corrected chi connectivity index (χ3v) is 6.20. The van der Waals surface area contributed by atoms with Crippen LogP contribution >= 0.6 is 0 Å². The smallest absolute Gasteiger partial charge is 0.353 e. The van der Waals surface area contributed by atoms with Gasteiger partial charge in [0.15, 0.2) is 0 Å². The third-order valence-electron chi connectivity index (χ3n) is 6.20. The summed E-state index contributed by atoms with van der Waals surface area (Å²) >= 11 is 0. The number of rotatable bonds is 9. The van der Waals surface area contributed by atoms with E-state index in [1.807, 2.05) is 24.8 Å². The van der Waals surface area contributed by atoms with E-state index in [1.165, 1.54) is 11.9 Å². The van der Waals surface area contributed by atoms with Gasteiger partial charge < -0.3 is 15.0 Å². The van der Waals surface area contributed by atoms with E-state index < -0.39 is 10.9 Å². The molecule has 9 nitrogen and oxygen atoms in total. The lowest BCUT2D eigenvalue weighted by molar-refractivity contribution is -0.383. The summed E-state index contributed by atoms with van der Waals surface area (Å²) in [6.07, 6.45) is 4.23. The standard InChI is InChI=1S/C27H31N5O4/c1-19(2)17-36-27(33)22-8-10-23(11-9-22)30-25-24(32(34)35)26(29-18-28-25)31-14-12-21(13-15-31)16-20-6-4-3-5-7-20/h3-11,18-19,21H,12-17H2,1-2H3,(H,28,29,30). The summed E-state index contributed by atoms with van der Waals surface area (Å²) in [6, 6.07) is 17.0. The average Bonchev–Trinajstić information content (AvgIpc) is 2.88. The van der Waals surface area contributed by atoms with Gasteiger partial charge in [0.1, 0.15) is 6.33 Å². The topological polar surface area (TPSA) is 110 Å². The molecule has 0 atom stereocenters. The number of anilines is 3. The Bertz CT molecular complexity index is 1180. The van der Waals surface area contributed by atoms with E-state index in [1.54, 1.807) is 24.3 Å². The summed E-state index contributed by atoms with van der Waals surface area (Å²) in [5.74, 6) is 0.822. The summed E-state index contributed by atoms with van der Waals surface area (Å²) in [5, 5.41) is 15.1. The molecular formula is C27H31N5O4. The number of hydrogen-bond donors (Lipinski definition) is 1. The van der Waals surface area contributed by atoms with E-state index in [9.17, 15) is 14.9 Å². The van der Waals surface area contributed by atoms with E-state index in [0.717, 1.165) is 19.3 Å². The number of nitro groups is 1. The molecule has 1 aromatic heterocycles. The van der Waals surface area contributed by atoms with Crippen LogP contribution in [-0.4, -0.2) is 40.6 Å². The van der Waals surface area contributed by atoms with Crippen LogP contribution < -0.4 is 10.2 Å². The molecule has 188 valence electrons. The molecular weight excluding hydrogens is 458 g/mol. The Morgan fingerprint density at radius 3 is 2.44 bits per heavy atom. The normalized spacial score (nSPS) is 14.0. The molecule has 4 rings (SSSR count). The molecule has 1 N–H and O–H groups in total. The molecule has 2 heterocycles. The summed E-state index contributed by atoms with van der Waals surface area (Å²) in [7, 11) is 0. The molecule has 0 spiro atoms. The largest absolute Gasteiger partial charge is 0.462 e. The fraction of sp³-hybridized carbons (Fsp3) is 0.370. The predicted octanol–water partition coefficient (Wildman–Crippen LogP) is 5.40. The van der Waals surface area contributed by atoms with E-state index in [-0.39, 0.29) is 17.4 Å². The Kier molecular flexibility index (Phi) is 8.10. The van der Waals surface area contributed by atoms with Crippen LogP contribution in [0.3, 0.4) is 0 Å². The van der Waals surface area contributed by atoms with Gasteiger partial charge >= 0.3 is 11.7 Å². The fourth-order valence-corrected chi connectivity index (χ4v) is 4.31. The van der Waals surface area contributed by atoms with Crippen molar-refractivity contribution in [3.8, 4) is 0 Å². The van der Waals surface area contributed by atoms with Crippen LogP contribution in [0.15, 0.2) is 60.9 Å². The van der Waals surface area contributed by atoms with Crippen LogP contribution in [0.25, 0.3) is 0 Å². The molecule has 0 amide bonds. The summed E-state index contributed by atoms with van der Waals surface area (Å²) < 4.78 is 5.25. The first-order valence-electron chi connectivity index (χ1n) is 12.2. The van der Waals surface area contributed by atoms with Gasteiger partial charge in [-0.15, -0.1) is 0 Å². The highest BCUT2D eigenvalue weighted by molar-refractivity contribution is 5.90. The second kappa shape index (κ2) is 11.6. The third kappa shape index (κ3) is 6.35. The molecule has 0 unspecified atom stereocenters. The highest BCUT2D eigenvalue weighted by atomic mass is 16.6. The molecule has 0 bridgehead atoms. The van der Waals surface area contributed by atoms with Gasteiger partial charge in [-0.05, 0) is 60.9 Å². The summed E-state index contributed by atoms with van der Waals surface area (Å²) in [4.78, 5) is 34.2. The van der Waals surface area contributed by atoms with Crippen LogP contribution in [0.4, 0.5) is 23.0 Å². The van der Waals surface area contributed by atoms with Crippen molar-refractivity contribution >= 4 is 29.0 Å². The van der Waals surface area contributed by atoms with Crippen molar-refractivity contribution in [3.63, 3.8) is 0 Å². The monoisotopic (exact) mass is 489 g/mol. The number of hydrogen-bond acceptors (Lipinski definition) is 8. The summed E-state index contributed by atoms with van der Waals surface area (Å²) in [6.45, 7) is 5.68. The van der Waals surface area contributed by atoms with Gasteiger partial charge in [-0.25, -0.2) is 14.8 Å². The van der Waals surface area contributed by atoms with Crippen molar-refractivity contribution in [1.29, 1.82) is 0 Å². The van der Waals surface area contributed by atoms with Gasteiger partial charge in [0.25, 0.3) is 0 Å². The number of carbonyl (C=O) groups excluding carboxylic acids is 1. The highest BCUT2D eigenvalue weighted by Crippen LogP contribution is 2.35. The first-order chi connectivity index (χ1) is 17.4. The minimum atomic E-state index is -0.439. The van der Waals surface area contributed by atoms with Crippen molar-refractivity contribution < 1.29 is 14.5 Å². The fourth-order valence-electron chi connectivity index (χ4n) is 4.31. The lowest BCUT2D eigenvalue weighted by Crippen LogP contribution is -2.35. The minimum absolute atomic E-state index is 0.117. The molecule has 1 saturated heterocycles. The Labute approximate surface area is 210 Å². The number of piperidine rings is 1. The van der Waals surface area contributed by atoms with Crippen molar-refractivity contribution in [1.82, 2.24) is 9.97 Å². The number of benzene rings is 2. The molecule has 1 fully saturated rings. The van der Waals surface area contributed by atoms with Crippen LogP contribution in [0.1, 0.15) is 42.6 Å². The molecule has 3 aromatic rings. The van der Waals surface area contributed by atoms with Crippen molar-refractivity contribution in [2.75, 3.05) is 29.9 Å². The second-order valence-corrected chi connectivity index (χ2v) is 9.47. The van der Waals surface area contributed by atoms with E-state index in [0.29, 0.717) is 42.7 Å². The van der Waals surface area contributed by atoms with E-state index in [2.05, 4.69) is 39.6 Å². The molecule has 0 saturated carbocycles. The average molecular weight is 490 g/mol. The summed E-state index contributed by atoms with van der Waals surface area (Å²) in [5.41, 5.74) is 2.15. The van der Waals surface area contributed by atoms with Crippen molar-refractivity contribution in [2.24, 2.45) is 11.8 Å². The van der Waals surface area contributed by atoms with E-state index in [4.69, 9.17) is 4.74 Å². The first-order valence-corrected chi connectivity index (χ1v) is 12.2. The lowest BCUT2D eigenvalue weighted by atomic mass is 9.90. The van der Waals surface area contributed by atoms with Crippen LogP contribution in [-0.2, 0) is 11.2 Å². The molecule has 1 aliphatic rings. The zero-order valence-corrected chi connectivity index (χ0v) is 20.6. The first kappa shape index (κ1) is 25.1. The Hall–Kier alpha value is -4.01. The van der Waals surface area contributed by atoms with Crippen molar-refractivity contribution in [2.45, 2.75) is 33.1 Å². The zero-order valence-electron chi connectivity index (χ0n) is 20.6. The molecule has 9 heteroatoms. The minimum Gasteiger partial charge on any atom is -0.462 e.